The van der Waals surface area contributed by atoms with Crippen molar-refractivity contribution in [2.24, 2.45) is 0 Å². The van der Waals surface area contributed by atoms with Crippen LogP contribution in [0, 0.1) is 5.82 Å². The summed E-state index contributed by atoms with van der Waals surface area (Å²) in [5.41, 5.74) is 1.80. The van der Waals surface area contributed by atoms with Crippen LogP contribution in [0.15, 0.2) is 24.3 Å². The Hall–Kier alpha value is -2.29. The molecule has 194 valence electrons. The highest BCUT2D eigenvalue weighted by Crippen LogP contribution is 2.33. The lowest BCUT2D eigenvalue weighted by molar-refractivity contribution is -0.301. The Morgan fingerprint density at radius 3 is 2.43 bits per heavy atom. The number of nitrogens with zero attached hydrogens (tertiary/aromatic N) is 2. The van der Waals surface area contributed by atoms with Gasteiger partial charge in [-0.05, 0) is 71.2 Å². The number of imidazole rings is 1. The molecule has 1 aliphatic rings. The van der Waals surface area contributed by atoms with E-state index in [9.17, 15) is 14.3 Å². The average Bonchev–Trinajstić information content (AvgIpc) is 3.09. The molecule has 1 N–H and O–H groups in total. The van der Waals surface area contributed by atoms with Gasteiger partial charge in [-0.1, -0.05) is 13.8 Å². The number of aliphatic hydroxyl groups is 1. The summed E-state index contributed by atoms with van der Waals surface area (Å²) < 4.78 is 33.3. The van der Waals surface area contributed by atoms with E-state index in [1.165, 1.54) is 12.1 Å². The second-order valence-corrected chi connectivity index (χ2v) is 10.9. The normalized spacial score (nSPS) is 20.3. The summed E-state index contributed by atoms with van der Waals surface area (Å²) >= 11 is 0. The second kappa shape index (κ2) is 10.8. The molecular weight excluding hydrogens is 451 g/mol. The Bertz CT molecular complexity index is 1010. The van der Waals surface area contributed by atoms with Crippen LogP contribution in [0.25, 0.3) is 11.4 Å². The van der Waals surface area contributed by atoms with Gasteiger partial charge in [0.2, 0.25) is 0 Å². The van der Waals surface area contributed by atoms with Gasteiger partial charge in [0.15, 0.2) is 5.79 Å². The zero-order chi connectivity index (χ0) is 26.0. The van der Waals surface area contributed by atoms with Gasteiger partial charge in [-0.2, -0.15) is 0 Å². The molecule has 3 rings (SSSR count). The van der Waals surface area contributed by atoms with Crippen LogP contribution in [-0.4, -0.2) is 44.2 Å². The van der Waals surface area contributed by atoms with E-state index < -0.39 is 11.4 Å². The number of aromatic nitrogens is 2. The molecule has 2 aromatic rings. The minimum absolute atomic E-state index is 0.130. The SMILES string of the molecule is CC(C)c1c(CO)nc(-c2ccc(F)cc2)n1CC[C@@H]1C[C@H](CC(=O)OC(C)(C)C)OC(C)(C)O1. The number of esters is 1. The van der Waals surface area contributed by atoms with Crippen molar-refractivity contribution >= 4 is 5.97 Å². The topological polar surface area (TPSA) is 82.8 Å². The molecule has 2 atom stereocenters. The van der Waals surface area contributed by atoms with E-state index in [2.05, 4.69) is 18.4 Å². The van der Waals surface area contributed by atoms with Crippen LogP contribution in [-0.2, 0) is 32.2 Å². The number of hydrogen-bond acceptors (Lipinski definition) is 6. The van der Waals surface area contributed by atoms with E-state index in [1.54, 1.807) is 12.1 Å². The molecule has 35 heavy (non-hydrogen) atoms. The zero-order valence-electron chi connectivity index (χ0n) is 21.9. The van der Waals surface area contributed by atoms with Crippen molar-refractivity contribution in [2.45, 2.75) is 110 Å². The Balaban J connectivity index is 1.81. The van der Waals surface area contributed by atoms with Crippen molar-refractivity contribution in [1.82, 2.24) is 9.55 Å². The van der Waals surface area contributed by atoms with Gasteiger partial charge in [0.25, 0.3) is 0 Å². The van der Waals surface area contributed by atoms with Crippen molar-refractivity contribution in [1.29, 1.82) is 0 Å². The van der Waals surface area contributed by atoms with Gasteiger partial charge in [0, 0.05) is 24.2 Å². The van der Waals surface area contributed by atoms with Crippen LogP contribution in [0.5, 0.6) is 0 Å². The van der Waals surface area contributed by atoms with Gasteiger partial charge in [-0.3, -0.25) is 4.79 Å². The van der Waals surface area contributed by atoms with Crippen LogP contribution in [0.4, 0.5) is 4.39 Å². The summed E-state index contributed by atoms with van der Waals surface area (Å²) in [5.74, 6) is -0.615. The monoisotopic (exact) mass is 490 g/mol. The first-order chi connectivity index (χ1) is 16.3. The van der Waals surface area contributed by atoms with Crippen molar-refractivity contribution in [3.63, 3.8) is 0 Å². The van der Waals surface area contributed by atoms with Crippen molar-refractivity contribution in [3.05, 3.63) is 41.5 Å². The summed E-state index contributed by atoms with van der Waals surface area (Å²) in [5, 5.41) is 9.96. The number of rotatable bonds is 8. The number of aliphatic hydroxyl groups excluding tert-OH is 1. The Labute approximate surface area is 207 Å². The molecule has 0 unspecified atom stereocenters. The van der Waals surface area contributed by atoms with Gasteiger partial charge in [0.1, 0.15) is 17.2 Å². The minimum Gasteiger partial charge on any atom is -0.460 e. The van der Waals surface area contributed by atoms with E-state index in [4.69, 9.17) is 19.2 Å². The number of hydrogen-bond donors (Lipinski definition) is 1. The lowest BCUT2D eigenvalue weighted by Gasteiger charge is -2.41. The maximum atomic E-state index is 13.5. The first kappa shape index (κ1) is 27.3. The van der Waals surface area contributed by atoms with Crippen LogP contribution in [0.3, 0.4) is 0 Å². The predicted molar refractivity (Wildman–Crippen MR) is 131 cm³/mol. The third kappa shape index (κ3) is 7.35. The van der Waals surface area contributed by atoms with E-state index in [1.807, 2.05) is 34.6 Å². The van der Waals surface area contributed by atoms with Crippen molar-refractivity contribution in [2.75, 3.05) is 0 Å². The first-order valence-electron chi connectivity index (χ1n) is 12.3. The number of carbonyl (C=O) groups is 1. The number of halogens is 1. The highest BCUT2D eigenvalue weighted by atomic mass is 19.1. The molecule has 0 amide bonds. The standard InChI is InChI=1S/C27H39FN2O5/c1-17(2)24-22(16-31)29-25(18-8-10-19(28)11-9-18)30(24)13-12-20-14-21(34-27(6,7)33-20)15-23(32)35-26(3,4)5/h8-11,17,20-21,31H,12-16H2,1-7H3/t20-,21-/m1/s1. The lowest BCUT2D eigenvalue weighted by atomic mass is 10.0. The summed E-state index contributed by atoms with van der Waals surface area (Å²) in [6.07, 6.45) is 0.931. The van der Waals surface area contributed by atoms with Crippen LogP contribution < -0.4 is 0 Å². The lowest BCUT2D eigenvalue weighted by Crippen LogP contribution is -2.46. The summed E-state index contributed by atoms with van der Waals surface area (Å²) in [6, 6.07) is 6.22. The maximum Gasteiger partial charge on any atom is 0.308 e. The third-order valence-electron chi connectivity index (χ3n) is 5.80. The molecule has 7 nitrogen and oxygen atoms in total. The highest BCUT2D eigenvalue weighted by Gasteiger charge is 2.37. The van der Waals surface area contributed by atoms with Crippen molar-refractivity contribution in [3.8, 4) is 11.4 Å². The second-order valence-electron chi connectivity index (χ2n) is 10.9. The minimum atomic E-state index is -0.832. The fourth-order valence-corrected chi connectivity index (χ4v) is 4.69. The molecule has 2 heterocycles. The first-order valence-corrected chi connectivity index (χ1v) is 12.3. The molecule has 1 aromatic carbocycles. The molecular formula is C27H39FN2O5. The van der Waals surface area contributed by atoms with Gasteiger partial charge in [0.05, 0.1) is 30.9 Å². The smallest absolute Gasteiger partial charge is 0.308 e. The maximum absolute atomic E-state index is 13.5. The van der Waals surface area contributed by atoms with Gasteiger partial charge in [-0.25, -0.2) is 9.37 Å². The number of carbonyl (C=O) groups excluding carboxylic acids is 1. The molecule has 0 bridgehead atoms. The highest BCUT2D eigenvalue weighted by molar-refractivity contribution is 5.70. The van der Waals surface area contributed by atoms with Crippen LogP contribution >= 0.6 is 0 Å². The third-order valence-corrected chi connectivity index (χ3v) is 5.80. The van der Waals surface area contributed by atoms with Gasteiger partial charge in [-0.15, -0.1) is 0 Å². The fraction of sp³-hybridized carbons (Fsp3) is 0.630. The fourth-order valence-electron chi connectivity index (χ4n) is 4.69. The van der Waals surface area contributed by atoms with Gasteiger partial charge >= 0.3 is 5.97 Å². The quantitative estimate of drug-likeness (QED) is 0.503. The Morgan fingerprint density at radius 1 is 1.23 bits per heavy atom. The molecule has 1 saturated heterocycles. The van der Waals surface area contributed by atoms with Crippen molar-refractivity contribution < 1.29 is 28.5 Å². The summed E-state index contributed by atoms with van der Waals surface area (Å²) in [6.45, 7) is 13.8. The van der Waals surface area contributed by atoms with Crippen LogP contribution in [0.1, 0.15) is 85.0 Å². The Kier molecular flexibility index (Phi) is 8.40. The molecule has 0 radical (unpaired) electrons. The molecule has 1 fully saturated rings. The number of ether oxygens (including phenoxy) is 3. The number of benzene rings is 1. The zero-order valence-corrected chi connectivity index (χ0v) is 21.9. The molecule has 1 aromatic heterocycles. The van der Waals surface area contributed by atoms with E-state index >= 15 is 0 Å². The molecule has 0 spiro atoms. The van der Waals surface area contributed by atoms with E-state index in [0.717, 1.165) is 11.3 Å². The summed E-state index contributed by atoms with van der Waals surface area (Å²) in [7, 11) is 0. The molecule has 0 saturated carbocycles. The van der Waals surface area contributed by atoms with E-state index in [0.29, 0.717) is 30.9 Å². The molecule has 1 aliphatic heterocycles. The summed E-state index contributed by atoms with van der Waals surface area (Å²) in [4.78, 5) is 17.1. The largest absolute Gasteiger partial charge is 0.460 e. The average molecular weight is 491 g/mol. The van der Waals surface area contributed by atoms with Crippen LogP contribution in [0.2, 0.25) is 0 Å². The Morgan fingerprint density at radius 2 is 1.86 bits per heavy atom. The molecule has 8 heteroatoms. The predicted octanol–water partition coefficient (Wildman–Crippen LogP) is 5.34. The van der Waals surface area contributed by atoms with Gasteiger partial charge < -0.3 is 23.9 Å². The van der Waals surface area contributed by atoms with E-state index in [-0.39, 0.29) is 42.9 Å². The molecule has 0 aliphatic carbocycles.